The summed E-state index contributed by atoms with van der Waals surface area (Å²) in [7, 11) is 1.43. The highest BCUT2D eigenvalue weighted by Gasteiger charge is 2.20. The molecule has 1 aliphatic rings. The molecule has 0 unspecified atom stereocenters. The SMILES string of the molecule is COc1ccc([N+](=O)[O-])cc1N/C=C(/C#N)C(=O)N1CCCCC1. The van der Waals surface area contributed by atoms with E-state index < -0.39 is 4.92 Å². The van der Waals surface area contributed by atoms with Gasteiger partial charge in [-0.15, -0.1) is 0 Å². The van der Waals surface area contributed by atoms with Crippen LogP contribution in [0.5, 0.6) is 5.75 Å². The molecule has 8 heteroatoms. The van der Waals surface area contributed by atoms with Gasteiger partial charge in [0.05, 0.1) is 17.7 Å². The Balaban J connectivity index is 2.20. The lowest BCUT2D eigenvalue weighted by Gasteiger charge is -2.26. The molecule has 0 aliphatic carbocycles. The first-order chi connectivity index (χ1) is 11.6. The van der Waals surface area contributed by atoms with Crippen LogP contribution in [0.2, 0.25) is 0 Å². The topological polar surface area (TPSA) is 108 Å². The monoisotopic (exact) mass is 330 g/mol. The molecule has 0 spiro atoms. The number of nitrogens with zero attached hydrogens (tertiary/aromatic N) is 3. The van der Waals surface area contributed by atoms with Crippen LogP contribution in [0.1, 0.15) is 19.3 Å². The molecular formula is C16H18N4O4. The number of nitriles is 1. The molecule has 24 heavy (non-hydrogen) atoms. The van der Waals surface area contributed by atoms with E-state index >= 15 is 0 Å². The van der Waals surface area contributed by atoms with E-state index in [9.17, 15) is 20.2 Å². The van der Waals surface area contributed by atoms with Crippen molar-refractivity contribution in [3.63, 3.8) is 0 Å². The summed E-state index contributed by atoms with van der Waals surface area (Å²) in [6.07, 6.45) is 4.20. The number of hydrogen-bond donors (Lipinski definition) is 1. The first kappa shape index (κ1) is 17.3. The Morgan fingerprint density at radius 3 is 2.71 bits per heavy atom. The van der Waals surface area contributed by atoms with E-state index in [1.807, 2.05) is 6.07 Å². The lowest BCUT2D eigenvalue weighted by atomic mass is 10.1. The molecule has 0 radical (unpaired) electrons. The number of rotatable bonds is 5. The third-order valence-corrected chi connectivity index (χ3v) is 3.76. The van der Waals surface area contributed by atoms with Crippen molar-refractivity contribution in [1.82, 2.24) is 4.90 Å². The number of ether oxygens (including phenoxy) is 1. The van der Waals surface area contributed by atoms with Crippen LogP contribution in [-0.2, 0) is 4.79 Å². The lowest BCUT2D eigenvalue weighted by molar-refractivity contribution is -0.384. The van der Waals surface area contributed by atoms with Gasteiger partial charge in [0.25, 0.3) is 11.6 Å². The van der Waals surface area contributed by atoms with Crippen molar-refractivity contribution in [3.05, 3.63) is 40.1 Å². The molecule has 1 aromatic rings. The molecule has 0 aromatic heterocycles. The summed E-state index contributed by atoms with van der Waals surface area (Å²) in [6, 6.07) is 5.93. The molecule has 1 aliphatic heterocycles. The Hall–Kier alpha value is -3.08. The molecule has 1 amide bonds. The summed E-state index contributed by atoms with van der Waals surface area (Å²) in [4.78, 5) is 24.3. The fourth-order valence-corrected chi connectivity index (χ4v) is 2.48. The van der Waals surface area contributed by atoms with Crippen LogP contribution >= 0.6 is 0 Å². The van der Waals surface area contributed by atoms with Gasteiger partial charge in [0.2, 0.25) is 0 Å². The number of carbonyl (C=O) groups excluding carboxylic acids is 1. The zero-order valence-electron chi connectivity index (χ0n) is 13.3. The number of methoxy groups -OCH3 is 1. The van der Waals surface area contributed by atoms with Crippen molar-refractivity contribution in [1.29, 1.82) is 5.26 Å². The van der Waals surface area contributed by atoms with Crippen molar-refractivity contribution in [2.45, 2.75) is 19.3 Å². The molecule has 8 nitrogen and oxygen atoms in total. The van der Waals surface area contributed by atoms with Crippen LogP contribution in [0.4, 0.5) is 11.4 Å². The molecule has 0 atom stereocenters. The summed E-state index contributed by atoms with van der Waals surface area (Å²) in [5, 5.41) is 22.9. The average Bonchev–Trinajstić information content (AvgIpc) is 2.62. The number of non-ortho nitro benzene ring substituents is 1. The first-order valence-corrected chi connectivity index (χ1v) is 7.55. The maximum absolute atomic E-state index is 12.3. The van der Waals surface area contributed by atoms with Gasteiger partial charge in [-0.25, -0.2) is 0 Å². The van der Waals surface area contributed by atoms with Crippen molar-refractivity contribution in [2.24, 2.45) is 0 Å². The standard InChI is InChI=1S/C16H18N4O4/c1-24-15-6-5-13(20(22)23)9-14(15)18-11-12(10-17)16(21)19-7-3-2-4-8-19/h5-6,9,11,18H,2-4,7-8H2,1H3/b12-11-. The van der Waals surface area contributed by atoms with Gasteiger partial charge in [0.1, 0.15) is 17.4 Å². The molecule has 126 valence electrons. The lowest BCUT2D eigenvalue weighted by Crippen LogP contribution is -2.36. The van der Waals surface area contributed by atoms with Crippen molar-refractivity contribution in [2.75, 3.05) is 25.5 Å². The maximum atomic E-state index is 12.3. The molecule has 1 heterocycles. The molecule has 0 bridgehead atoms. The van der Waals surface area contributed by atoms with Gasteiger partial charge in [-0.05, 0) is 25.3 Å². The van der Waals surface area contributed by atoms with E-state index in [1.54, 1.807) is 4.90 Å². The van der Waals surface area contributed by atoms with E-state index in [2.05, 4.69) is 5.32 Å². The van der Waals surface area contributed by atoms with E-state index in [-0.39, 0.29) is 17.2 Å². The highest BCUT2D eigenvalue weighted by molar-refractivity contribution is 5.97. The predicted octanol–water partition coefficient (Wildman–Crippen LogP) is 2.44. The fourth-order valence-electron chi connectivity index (χ4n) is 2.48. The van der Waals surface area contributed by atoms with Gasteiger partial charge >= 0.3 is 0 Å². The highest BCUT2D eigenvalue weighted by atomic mass is 16.6. The minimum atomic E-state index is -0.529. The van der Waals surface area contributed by atoms with E-state index in [0.717, 1.165) is 19.3 Å². The number of piperidine rings is 1. The van der Waals surface area contributed by atoms with Crippen molar-refractivity contribution >= 4 is 17.3 Å². The number of hydrogen-bond acceptors (Lipinski definition) is 6. The van der Waals surface area contributed by atoms with Gasteiger partial charge in [-0.1, -0.05) is 0 Å². The number of nitro benzene ring substituents is 1. The Morgan fingerprint density at radius 1 is 1.42 bits per heavy atom. The van der Waals surface area contributed by atoms with Gasteiger partial charge in [-0.3, -0.25) is 14.9 Å². The van der Waals surface area contributed by atoms with Crippen LogP contribution < -0.4 is 10.1 Å². The average molecular weight is 330 g/mol. The number of nitro groups is 1. The smallest absolute Gasteiger partial charge is 0.271 e. The highest BCUT2D eigenvalue weighted by Crippen LogP contribution is 2.29. The quantitative estimate of drug-likeness (QED) is 0.384. The second kappa shape index (κ2) is 7.97. The Kier molecular flexibility index (Phi) is 5.73. The fraction of sp³-hybridized carbons (Fsp3) is 0.375. The van der Waals surface area contributed by atoms with E-state index in [0.29, 0.717) is 24.5 Å². The zero-order valence-corrected chi connectivity index (χ0v) is 13.3. The Morgan fingerprint density at radius 2 is 2.12 bits per heavy atom. The summed E-state index contributed by atoms with van der Waals surface area (Å²) in [5.74, 6) is 0.0358. The molecule has 1 saturated heterocycles. The molecule has 2 rings (SSSR count). The number of amides is 1. The van der Waals surface area contributed by atoms with Crippen LogP contribution in [-0.4, -0.2) is 35.9 Å². The number of benzene rings is 1. The van der Waals surface area contributed by atoms with Gasteiger partial charge in [0, 0.05) is 31.4 Å². The van der Waals surface area contributed by atoms with Crippen molar-refractivity contribution in [3.8, 4) is 11.8 Å². The molecule has 1 fully saturated rings. The Labute approximate surface area is 139 Å². The van der Waals surface area contributed by atoms with Gasteiger partial charge in [0.15, 0.2) is 0 Å². The number of nitrogens with one attached hydrogen (secondary N) is 1. The maximum Gasteiger partial charge on any atom is 0.271 e. The van der Waals surface area contributed by atoms with Gasteiger partial charge in [-0.2, -0.15) is 5.26 Å². The number of carbonyl (C=O) groups is 1. The zero-order chi connectivity index (χ0) is 17.5. The Bertz CT molecular complexity index is 703. The first-order valence-electron chi connectivity index (χ1n) is 7.55. The van der Waals surface area contributed by atoms with Crippen LogP contribution in [0.3, 0.4) is 0 Å². The summed E-state index contributed by atoms with van der Waals surface area (Å²) >= 11 is 0. The molecular weight excluding hydrogens is 312 g/mol. The molecule has 0 saturated carbocycles. The number of likely N-dealkylation sites (tertiary alicyclic amines) is 1. The summed E-state index contributed by atoms with van der Waals surface area (Å²) in [5.41, 5.74) is 0.143. The summed E-state index contributed by atoms with van der Waals surface area (Å²) < 4.78 is 5.13. The number of anilines is 1. The van der Waals surface area contributed by atoms with Crippen LogP contribution in [0.25, 0.3) is 0 Å². The minimum absolute atomic E-state index is 0.0505. The van der Waals surface area contributed by atoms with Crippen LogP contribution in [0.15, 0.2) is 30.0 Å². The second-order valence-electron chi connectivity index (χ2n) is 5.31. The molecule has 1 N–H and O–H groups in total. The molecule has 1 aromatic carbocycles. The predicted molar refractivity (Wildman–Crippen MR) is 87.4 cm³/mol. The third kappa shape index (κ3) is 4.01. The van der Waals surface area contributed by atoms with E-state index in [4.69, 9.17) is 4.74 Å². The normalized spacial score (nSPS) is 14.7. The largest absolute Gasteiger partial charge is 0.495 e. The second-order valence-corrected chi connectivity index (χ2v) is 5.31. The summed E-state index contributed by atoms with van der Waals surface area (Å²) in [6.45, 7) is 1.27. The minimum Gasteiger partial charge on any atom is -0.495 e. The van der Waals surface area contributed by atoms with E-state index in [1.165, 1.54) is 31.5 Å². The van der Waals surface area contributed by atoms with Crippen molar-refractivity contribution < 1.29 is 14.5 Å². The third-order valence-electron chi connectivity index (χ3n) is 3.76. The van der Waals surface area contributed by atoms with Crippen LogP contribution in [0, 0.1) is 21.4 Å². The van der Waals surface area contributed by atoms with Gasteiger partial charge < -0.3 is 15.0 Å².